The lowest BCUT2D eigenvalue weighted by Crippen LogP contribution is -2.48. The minimum atomic E-state index is -0.972. The van der Waals surface area contributed by atoms with Crippen molar-refractivity contribution in [2.45, 2.75) is 123 Å². The normalized spacial score (nSPS) is 13.5. The van der Waals surface area contributed by atoms with E-state index in [-0.39, 0.29) is 10.8 Å². The third-order valence-electron chi connectivity index (χ3n) is 7.01. The summed E-state index contributed by atoms with van der Waals surface area (Å²) >= 11 is 0. The molecule has 0 saturated heterocycles. The van der Waals surface area contributed by atoms with Crippen LogP contribution in [0.1, 0.15) is 111 Å². The van der Waals surface area contributed by atoms with Crippen LogP contribution >= 0.6 is 0 Å². The van der Waals surface area contributed by atoms with Gasteiger partial charge in [-0.15, -0.1) is 0 Å². The van der Waals surface area contributed by atoms with Gasteiger partial charge in [0.2, 0.25) is 0 Å². The summed E-state index contributed by atoms with van der Waals surface area (Å²) in [6.07, 6.45) is 5.39. The molecule has 2 rings (SSSR count). The van der Waals surface area contributed by atoms with Crippen LogP contribution < -0.4 is 11.5 Å². The first kappa shape index (κ1) is 30.9. The fourth-order valence-electron chi connectivity index (χ4n) is 4.69. The average molecular weight is 511 g/mol. The molecule has 5 nitrogen and oxygen atoms in total. The van der Waals surface area contributed by atoms with E-state index < -0.39 is 17.7 Å². The summed E-state index contributed by atoms with van der Waals surface area (Å²) in [6.45, 7) is 16.8. The van der Waals surface area contributed by atoms with E-state index in [1.165, 1.54) is 0 Å². The number of unbranched alkanes of at least 4 members (excludes halogenated alkanes) is 2. The molecular weight excluding hydrogens is 460 g/mol. The van der Waals surface area contributed by atoms with Gasteiger partial charge in [-0.3, -0.25) is 10.5 Å². The van der Waals surface area contributed by atoms with Crippen LogP contribution in [-0.2, 0) is 26.8 Å². The zero-order chi connectivity index (χ0) is 28.0. The number of phenols is 1. The summed E-state index contributed by atoms with van der Waals surface area (Å²) in [4.78, 5) is 13.1. The fraction of sp³-hybridized carbons (Fsp3) is 0.594. The number of rotatable bonds is 11. The highest BCUT2D eigenvalue weighted by atomic mass is 16.6. The van der Waals surface area contributed by atoms with E-state index in [1.54, 1.807) is 0 Å². The van der Waals surface area contributed by atoms with Gasteiger partial charge in [-0.2, -0.15) is 0 Å². The van der Waals surface area contributed by atoms with Crippen LogP contribution in [0.25, 0.3) is 11.1 Å². The second-order valence-corrected chi connectivity index (χ2v) is 12.6. The van der Waals surface area contributed by atoms with Crippen LogP contribution in [0.4, 0.5) is 0 Å². The van der Waals surface area contributed by atoms with Crippen molar-refractivity contribution in [3.8, 4) is 16.9 Å². The third kappa shape index (κ3) is 8.31. The second-order valence-electron chi connectivity index (χ2n) is 12.6. The molecule has 5 N–H and O–H groups in total. The number of carbonyl (C=O) groups is 1. The number of benzene rings is 2. The van der Waals surface area contributed by atoms with E-state index in [9.17, 15) is 9.90 Å². The van der Waals surface area contributed by atoms with Gasteiger partial charge in [-0.25, -0.2) is 0 Å². The number of aromatic hydroxyl groups is 1. The molecule has 1 atom stereocenters. The minimum Gasteiger partial charge on any atom is -0.507 e. The fourth-order valence-corrected chi connectivity index (χ4v) is 4.69. The SMILES string of the molecule is CCCCC(N)(CCCC)OC(=O)C(N)Cc1ccccc1-c1cc(C(C)(C)C)c(O)c(C(C)(C)C)c1. The summed E-state index contributed by atoms with van der Waals surface area (Å²) < 4.78 is 5.85. The Morgan fingerprint density at radius 3 is 1.86 bits per heavy atom. The first-order valence-corrected chi connectivity index (χ1v) is 13.9. The summed E-state index contributed by atoms with van der Waals surface area (Å²) in [5, 5.41) is 11.2. The Balaban J connectivity index is 2.42. The molecule has 0 aliphatic heterocycles. The molecule has 0 spiro atoms. The number of carbonyl (C=O) groups excluding carboxylic acids is 1. The Morgan fingerprint density at radius 2 is 1.41 bits per heavy atom. The van der Waals surface area contributed by atoms with E-state index >= 15 is 0 Å². The predicted octanol–water partition coefficient (Wildman–Crippen LogP) is 7.10. The first-order valence-electron chi connectivity index (χ1n) is 13.9. The number of phenolic OH excluding ortho intramolecular Hbond substituents is 1. The molecule has 0 aliphatic carbocycles. The molecule has 2 aromatic rings. The van der Waals surface area contributed by atoms with Gasteiger partial charge in [-0.1, -0.05) is 92.5 Å². The van der Waals surface area contributed by atoms with Crippen molar-refractivity contribution >= 4 is 5.97 Å². The lowest BCUT2D eigenvalue weighted by atomic mass is 9.77. The molecule has 0 fully saturated rings. The maximum absolute atomic E-state index is 13.1. The van der Waals surface area contributed by atoms with Crippen molar-refractivity contribution in [1.82, 2.24) is 0 Å². The molecule has 5 heteroatoms. The van der Waals surface area contributed by atoms with Crippen molar-refractivity contribution < 1.29 is 14.6 Å². The average Bonchev–Trinajstić information content (AvgIpc) is 2.80. The van der Waals surface area contributed by atoms with Gasteiger partial charge in [0, 0.05) is 24.0 Å². The molecule has 37 heavy (non-hydrogen) atoms. The number of nitrogens with two attached hydrogens (primary N) is 2. The van der Waals surface area contributed by atoms with E-state index in [0.29, 0.717) is 25.0 Å². The van der Waals surface area contributed by atoms with Gasteiger partial charge in [0.05, 0.1) is 0 Å². The maximum Gasteiger partial charge on any atom is 0.325 e. The molecule has 0 aromatic heterocycles. The number of esters is 1. The lowest BCUT2D eigenvalue weighted by molar-refractivity contribution is -0.163. The highest BCUT2D eigenvalue weighted by molar-refractivity contribution is 5.78. The highest BCUT2D eigenvalue weighted by Crippen LogP contribution is 2.42. The molecule has 0 saturated carbocycles. The van der Waals surface area contributed by atoms with Gasteiger partial charge in [0.15, 0.2) is 5.72 Å². The van der Waals surface area contributed by atoms with E-state index in [0.717, 1.165) is 53.5 Å². The Kier molecular flexibility index (Phi) is 10.4. The highest BCUT2D eigenvalue weighted by Gasteiger charge is 2.31. The van der Waals surface area contributed by atoms with Crippen molar-refractivity contribution in [3.05, 3.63) is 53.1 Å². The number of hydrogen-bond donors (Lipinski definition) is 3. The van der Waals surface area contributed by atoms with E-state index in [2.05, 4.69) is 67.5 Å². The topological polar surface area (TPSA) is 98.6 Å². The van der Waals surface area contributed by atoms with Crippen molar-refractivity contribution in [1.29, 1.82) is 0 Å². The molecule has 206 valence electrons. The van der Waals surface area contributed by atoms with Crippen LogP contribution in [0.15, 0.2) is 36.4 Å². The van der Waals surface area contributed by atoms with Crippen LogP contribution in [-0.4, -0.2) is 22.8 Å². The largest absolute Gasteiger partial charge is 0.507 e. The molecule has 0 bridgehead atoms. The molecule has 0 amide bonds. The zero-order valence-corrected chi connectivity index (χ0v) is 24.4. The van der Waals surface area contributed by atoms with Gasteiger partial charge in [0.1, 0.15) is 11.8 Å². The number of ether oxygens (including phenoxy) is 1. The smallest absolute Gasteiger partial charge is 0.325 e. The zero-order valence-electron chi connectivity index (χ0n) is 24.4. The molecular formula is C32H50N2O3. The predicted molar refractivity (Wildman–Crippen MR) is 155 cm³/mol. The van der Waals surface area contributed by atoms with Crippen molar-refractivity contribution in [2.75, 3.05) is 0 Å². The standard InChI is InChI=1S/C32H50N2O3/c1-9-11-17-32(34,18-12-10-2)37-29(36)27(33)21-22-15-13-14-16-24(22)23-19-25(30(3,4)5)28(35)26(20-23)31(6,7)8/h13-16,19-20,27,35H,9-12,17-18,21,33-34H2,1-8H3. The molecule has 1 unspecified atom stereocenters. The molecule has 0 radical (unpaired) electrons. The van der Waals surface area contributed by atoms with Gasteiger partial charge in [-0.05, 0) is 58.9 Å². The first-order chi connectivity index (χ1) is 17.1. The van der Waals surface area contributed by atoms with Crippen molar-refractivity contribution in [2.24, 2.45) is 11.5 Å². The quantitative estimate of drug-likeness (QED) is 0.221. The van der Waals surface area contributed by atoms with Gasteiger partial charge in [0.25, 0.3) is 0 Å². The van der Waals surface area contributed by atoms with Crippen LogP contribution in [0.2, 0.25) is 0 Å². The summed E-state index contributed by atoms with van der Waals surface area (Å²) in [5.41, 5.74) is 16.2. The lowest BCUT2D eigenvalue weighted by Gasteiger charge is -2.31. The summed E-state index contributed by atoms with van der Waals surface area (Å²) in [6, 6.07) is 11.3. The van der Waals surface area contributed by atoms with E-state index in [1.807, 2.05) is 24.3 Å². The van der Waals surface area contributed by atoms with Crippen LogP contribution in [0.5, 0.6) is 5.75 Å². The van der Waals surface area contributed by atoms with Crippen LogP contribution in [0.3, 0.4) is 0 Å². The Hall–Kier alpha value is -2.37. The summed E-state index contributed by atoms with van der Waals surface area (Å²) in [5.74, 6) is -0.110. The minimum absolute atomic E-state index is 0.239. The monoisotopic (exact) mass is 510 g/mol. The van der Waals surface area contributed by atoms with Crippen molar-refractivity contribution in [3.63, 3.8) is 0 Å². The molecule has 0 heterocycles. The molecule has 0 aliphatic rings. The van der Waals surface area contributed by atoms with Gasteiger partial charge < -0.3 is 15.6 Å². The maximum atomic E-state index is 13.1. The van der Waals surface area contributed by atoms with Gasteiger partial charge >= 0.3 is 5.97 Å². The third-order valence-corrected chi connectivity index (χ3v) is 7.01. The second kappa shape index (κ2) is 12.4. The Labute approximate surface area is 225 Å². The Morgan fingerprint density at radius 1 is 0.919 bits per heavy atom. The molecule has 2 aromatic carbocycles. The van der Waals surface area contributed by atoms with Crippen LogP contribution in [0, 0.1) is 0 Å². The summed E-state index contributed by atoms with van der Waals surface area (Å²) in [7, 11) is 0. The number of hydrogen-bond acceptors (Lipinski definition) is 5. The van der Waals surface area contributed by atoms with E-state index in [4.69, 9.17) is 16.2 Å². The Bertz CT molecular complexity index is 1000.